The van der Waals surface area contributed by atoms with E-state index in [1.807, 2.05) is 19.2 Å². The van der Waals surface area contributed by atoms with E-state index in [1.165, 1.54) is 0 Å². The Kier molecular flexibility index (Phi) is 2.29. The lowest BCUT2D eigenvalue weighted by Crippen LogP contribution is -2.01. The number of nitrogens with one attached hydrogen (secondary N) is 2. The summed E-state index contributed by atoms with van der Waals surface area (Å²) in [6, 6.07) is 1.89. The molecule has 0 bridgehead atoms. The van der Waals surface area contributed by atoms with E-state index < -0.39 is 5.97 Å². The molecule has 0 aliphatic rings. The predicted octanol–water partition coefficient (Wildman–Crippen LogP) is 1.34. The van der Waals surface area contributed by atoms with Gasteiger partial charge in [-0.1, -0.05) is 0 Å². The number of carboxylic acids is 1. The molecule has 0 radical (unpaired) electrons. The first kappa shape index (κ1) is 9.51. The summed E-state index contributed by atoms with van der Waals surface area (Å²) in [6.07, 6.45) is 3.56. The van der Waals surface area contributed by atoms with Gasteiger partial charge >= 0.3 is 5.97 Å². The molecule has 2 aromatic heterocycles. The van der Waals surface area contributed by atoms with Crippen LogP contribution in [0.1, 0.15) is 11.4 Å². The van der Waals surface area contributed by atoms with Crippen LogP contribution in [0.15, 0.2) is 18.5 Å². The van der Waals surface area contributed by atoms with Gasteiger partial charge in [-0.2, -0.15) is 5.10 Å². The molecule has 0 aliphatic heterocycles. The molecule has 0 saturated heterocycles. The zero-order valence-corrected chi connectivity index (χ0v) is 8.24. The van der Waals surface area contributed by atoms with Crippen LogP contribution >= 0.6 is 0 Å². The number of nitrogens with zero attached hydrogens (tertiary/aromatic N) is 1. The molecule has 0 amide bonds. The molecule has 0 aliphatic carbocycles. The quantitative estimate of drug-likeness (QED) is 0.707. The third kappa shape index (κ3) is 1.76. The lowest BCUT2D eigenvalue weighted by atomic mass is 10.1. The predicted molar refractivity (Wildman–Crippen MR) is 54.5 cm³/mol. The number of rotatable bonds is 3. The molecule has 0 spiro atoms. The van der Waals surface area contributed by atoms with Gasteiger partial charge in [0.05, 0.1) is 12.1 Å². The largest absolute Gasteiger partial charge is 0.481 e. The third-order valence-electron chi connectivity index (χ3n) is 2.23. The van der Waals surface area contributed by atoms with Crippen molar-refractivity contribution in [2.24, 2.45) is 0 Å². The molecule has 3 N–H and O–H groups in total. The molecule has 78 valence electrons. The number of aromatic nitrogens is 3. The van der Waals surface area contributed by atoms with Crippen LogP contribution in [0.5, 0.6) is 0 Å². The summed E-state index contributed by atoms with van der Waals surface area (Å²) >= 11 is 0. The Morgan fingerprint density at radius 3 is 3.00 bits per heavy atom. The summed E-state index contributed by atoms with van der Waals surface area (Å²) in [5, 5.41) is 15.5. The van der Waals surface area contributed by atoms with Gasteiger partial charge in [0.2, 0.25) is 0 Å². The number of H-pyrrole nitrogens is 2. The molecule has 2 heterocycles. The monoisotopic (exact) mass is 205 g/mol. The zero-order chi connectivity index (χ0) is 10.8. The van der Waals surface area contributed by atoms with Crippen LogP contribution in [-0.4, -0.2) is 26.3 Å². The number of aryl methyl sites for hydroxylation is 1. The van der Waals surface area contributed by atoms with Crippen molar-refractivity contribution in [3.8, 4) is 11.1 Å². The SMILES string of the molecule is Cc1[nH]nc(CC(=O)O)c1-c1cc[nH]c1. The first-order chi connectivity index (χ1) is 7.18. The number of carbonyl (C=O) groups is 1. The van der Waals surface area contributed by atoms with E-state index in [9.17, 15) is 4.79 Å². The number of hydrogen-bond donors (Lipinski definition) is 3. The second-order valence-corrected chi connectivity index (χ2v) is 3.34. The fourth-order valence-electron chi connectivity index (χ4n) is 1.61. The minimum absolute atomic E-state index is 0.0646. The minimum Gasteiger partial charge on any atom is -0.481 e. The van der Waals surface area contributed by atoms with Crippen molar-refractivity contribution in [1.82, 2.24) is 15.2 Å². The smallest absolute Gasteiger partial charge is 0.309 e. The third-order valence-corrected chi connectivity index (χ3v) is 2.23. The molecule has 0 aromatic carbocycles. The first-order valence-corrected chi connectivity index (χ1v) is 4.57. The number of aliphatic carboxylic acids is 1. The van der Waals surface area contributed by atoms with Crippen molar-refractivity contribution in [2.75, 3.05) is 0 Å². The van der Waals surface area contributed by atoms with Gasteiger partial charge in [0.1, 0.15) is 0 Å². The van der Waals surface area contributed by atoms with Crippen LogP contribution in [0, 0.1) is 6.92 Å². The summed E-state index contributed by atoms with van der Waals surface area (Å²) in [5.41, 5.74) is 3.28. The molecule has 0 unspecified atom stereocenters. The van der Waals surface area contributed by atoms with Crippen LogP contribution in [0.2, 0.25) is 0 Å². The van der Waals surface area contributed by atoms with Crippen molar-refractivity contribution in [3.05, 3.63) is 29.8 Å². The summed E-state index contributed by atoms with van der Waals surface area (Å²) in [6.45, 7) is 1.88. The van der Waals surface area contributed by atoms with Crippen LogP contribution in [0.3, 0.4) is 0 Å². The van der Waals surface area contributed by atoms with Crippen LogP contribution in [0.4, 0.5) is 0 Å². The van der Waals surface area contributed by atoms with E-state index in [2.05, 4.69) is 15.2 Å². The highest BCUT2D eigenvalue weighted by atomic mass is 16.4. The molecular weight excluding hydrogens is 194 g/mol. The van der Waals surface area contributed by atoms with Crippen molar-refractivity contribution in [2.45, 2.75) is 13.3 Å². The number of hydrogen-bond acceptors (Lipinski definition) is 2. The van der Waals surface area contributed by atoms with Gasteiger partial charge < -0.3 is 10.1 Å². The molecule has 0 saturated carbocycles. The topological polar surface area (TPSA) is 81.8 Å². The fourth-order valence-corrected chi connectivity index (χ4v) is 1.61. The van der Waals surface area contributed by atoms with E-state index in [4.69, 9.17) is 5.11 Å². The summed E-state index contributed by atoms with van der Waals surface area (Å²) < 4.78 is 0. The fraction of sp³-hybridized carbons (Fsp3) is 0.200. The van der Waals surface area contributed by atoms with Gasteiger partial charge in [-0.15, -0.1) is 0 Å². The van der Waals surface area contributed by atoms with Crippen molar-refractivity contribution in [1.29, 1.82) is 0 Å². The molecule has 0 atom stereocenters. The maximum atomic E-state index is 10.6. The first-order valence-electron chi connectivity index (χ1n) is 4.57. The Labute approximate surface area is 86.1 Å². The van der Waals surface area contributed by atoms with Gasteiger partial charge in [0.25, 0.3) is 0 Å². The molecular formula is C10H11N3O2. The van der Waals surface area contributed by atoms with Gasteiger partial charge in [-0.05, 0) is 13.0 Å². The maximum absolute atomic E-state index is 10.6. The van der Waals surface area contributed by atoms with Crippen molar-refractivity contribution in [3.63, 3.8) is 0 Å². The van der Waals surface area contributed by atoms with E-state index in [-0.39, 0.29) is 6.42 Å². The lowest BCUT2D eigenvalue weighted by molar-refractivity contribution is -0.136. The molecule has 15 heavy (non-hydrogen) atoms. The van der Waals surface area contributed by atoms with Crippen LogP contribution < -0.4 is 0 Å². The zero-order valence-electron chi connectivity index (χ0n) is 8.24. The average Bonchev–Trinajstić information content (AvgIpc) is 2.74. The summed E-state index contributed by atoms with van der Waals surface area (Å²) in [4.78, 5) is 13.6. The summed E-state index contributed by atoms with van der Waals surface area (Å²) in [7, 11) is 0. The highest BCUT2D eigenvalue weighted by Crippen LogP contribution is 2.25. The average molecular weight is 205 g/mol. The van der Waals surface area contributed by atoms with Crippen molar-refractivity contribution < 1.29 is 9.90 Å². The van der Waals surface area contributed by atoms with E-state index in [1.54, 1.807) is 6.20 Å². The lowest BCUT2D eigenvalue weighted by Gasteiger charge is -1.98. The molecule has 2 aromatic rings. The van der Waals surface area contributed by atoms with E-state index in [0.29, 0.717) is 5.69 Å². The highest BCUT2D eigenvalue weighted by Gasteiger charge is 2.14. The van der Waals surface area contributed by atoms with Crippen LogP contribution in [-0.2, 0) is 11.2 Å². The second kappa shape index (κ2) is 3.61. The normalized spacial score (nSPS) is 10.5. The van der Waals surface area contributed by atoms with Gasteiger partial charge in [-0.25, -0.2) is 0 Å². The Bertz CT molecular complexity index is 471. The Morgan fingerprint density at radius 1 is 1.60 bits per heavy atom. The second-order valence-electron chi connectivity index (χ2n) is 3.34. The number of aromatic amines is 2. The van der Waals surface area contributed by atoms with Gasteiger partial charge in [0.15, 0.2) is 0 Å². The number of carboxylic acid groups (broad SMARTS) is 1. The Balaban J connectivity index is 2.45. The minimum atomic E-state index is -0.877. The molecule has 2 rings (SSSR count). The molecule has 5 nitrogen and oxygen atoms in total. The van der Waals surface area contributed by atoms with Crippen LogP contribution in [0.25, 0.3) is 11.1 Å². The molecule has 5 heteroatoms. The Hall–Kier alpha value is -2.04. The highest BCUT2D eigenvalue weighted by molar-refractivity contribution is 5.76. The van der Waals surface area contributed by atoms with E-state index >= 15 is 0 Å². The molecule has 0 fully saturated rings. The van der Waals surface area contributed by atoms with Gasteiger partial charge in [-0.3, -0.25) is 9.89 Å². The summed E-state index contributed by atoms with van der Waals surface area (Å²) in [5.74, 6) is -0.877. The van der Waals surface area contributed by atoms with Gasteiger partial charge in [0, 0.05) is 29.2 Å². The maximum Gasteiger partial charge on any atom is 0.309 e. The van der Waals surface area contributed by atoms with Crippen molar-refractivity contribution >= 4 is 5.97 Å². The van der Waals surface area contributed by atoms with E-state index in [0.717, 1.165) is 16.8 Å². The Morgan fingerprint density at radius 2 is 2.40 bits per heavy atom. The standard InChI is InChI=1S/C10H11N3O2/c1-6-10(7-2-3-11-5-7)8(13-12-6)4-9(14)15/h2-3,5,11H,4H2,1H3,(H,12,13)(H,14,15).